The summed E-state index contributed by atoms with van der Waals surface area (Å²) in [5, 5.41) is 4.43. The molecule has 0 bridgehead atoms. The third-order valence-corrected chi connectivity index (χ3v) is 4.14. The van der Waals surface area contributed by atoms with Crippen LogP contribution in [-0.4, -0.2) is 48.1 Å². The Hall–Kier alpha value is 0.270. The number of nitrogens with zero attached hydrogens (tertiary/aromatic N) is 1. The van der Waals surface area contributed by atoms with E-state index in [2.05, 4.69) is 37.2 Å². The molecule has 0 aromatic rings. The van der Waals surface area contributed by atoms with Gasteiger partial charge in [-0.1, -0.05) is 20.8 Å². The highest BCUT2D eigenvalue weighted by Crippen LogP contribution is 2.14. The average molecular weight is 230 g/mol. The van der Waals surface area contributed by atoms with Crippen LogP contribution in [0.2, 0.25) is 0 Å². The highest BCUT2D eigenvalue weighted by Gasteiger charge is 2.22. The molecular formula is C12H26N2S. The van der Waals surface area contributed by atoms with Gasteiger partial charge in [-0.15, -0.1) is 0 Å². The predicted octanol–water partition coefficient (Wildman–Crippen LogP) is 2.20. The van der Waals surface area contributed by atoms with Gasteiger partial charge in [-0.3, -0.25) is 0 Å². The molecule has 1 rings (SSSR count). The summed E-state index contributed by atoms with van der Waals surface area (Å²) >= 11 is 1.98. The number of likely N-dealkylation sites (tertiary alicyclic amines) is 1. The van der Waals surface area contributed by atoms with E-state index in [4.69, 9.17) is 0 Å². The maximum absolute atomic E-state index is 3.63. The van der Waals surface area contributed by atoms with Crippen LogP contribution in [0.1, 0.15) is 33.6 Å². The molecule has 1 aliphatic rings. The van der Waals surface area contributed by atoms with E-state index in [9.17, 15) is 0 Å². The van der Waals surface area contributed by atoms with Crippen molar-refractivity contribution in [2.24, 2.45) is 0 Å². The zero-order valence-electron chi connectivity index (χ0n) is 10.6. The van der Waals surface area contributed by atoms with Crippen LogP contribution in [-0.2, 0) is 0 Å². The van der Waals surface area contributed by atoms with Crippen molar-refractivity contribution < 1.29 is 0 Å². The Morgan fingerprint density at radius 1 is 1.40 bits per heavy atom. The molecule has 15 heavy (non-hydrogen) atoms. The fourth-order valence-electron chi connectivity index (χ4n) is 2.13. The minimum atomic E-state index is 0.625. The lowest BCUT2D eigenvalue weighted by atomic mass is 10.2. The maximum Gasteiger partial charge on any atom is 0.0209 e. The first-order chi connectivity index (χ1) is 7.11. The first-order valence-electron chi connectivity index (χ1n) is 6.13. The Morgan fingerprint density at radius 2 is 2.13 bits per heavy atom. The smallest absolute Gasteiger partial charge is 0.0209 e. The Kier molecular flexibility index (Phi) is 6.02. The second-order valence-corrected chi connectivity index (χ2v) is 6.22. The third-order valence-electron chi connectivity index (χ3n) is 3.10. The average Bonchev–Trinajstić information content (AvgIpc) is 2.61. The molecule has 1 fully saturated rings. The second-order valence-electron chi connectivity index (χ2n) is 4.94. The van der Waals surface area contributed by atoms with Gasteiger partial charge >= 0.3 is 0 Å². The number of thioether (sulfide) groups is 1. The standard InChI is InChI=1S/C12H26N2S/c1-10(2)13-12-6-8-14(9-12)7-5-11(3)15-4/h10-13H,5-9H2,1-4H3. The van der Waals surface area contributed by atoms with Crippen LogP contribution in [0.4, 0.5) is 0 Å². The van der Waals surface area contributed by atoms with Gasteiger partial charge in [-0.2, -0.15) is 11.8 Å². The van der Waals surface area contributed by atoms with Crippen molar-refractivity contribution in [2.45, 2.75) is 50.9 Å². The highest BCUT2D eigenvalue weighted by molar-refractivity contribution is 7.99. The fraction of sp³-hybridized carbons (Fsp3) is 1.00. The van der Waals surface area contributed by atoms with E-state index in [1.165, 1.54) is 32.5 Å². The van der Waals surface area contributed by atoms with E-state index >= 15 is 0 Å². The first-order valence-corrected chi connectivity index (χ1v) is 7.41. The minimum absolute atomic E-state index is 0.625. The van der Waals surface area contributed by atoms with Crippen LogP contribution in [0.5, 0.6) is 0 Å². The van der Waals surface area contributed by atoms with Crippen molar-refractivity contribution in [3.63, 3.8) is 0 Å². The van der Waals surface area contributed by atoms with E-state index in [1.807, 2.05) is 11.8 Å². The molecule has 1 saturated heterocycles. The summed E-state index contributed by atoms with van der Waals surface area (Å²) in [7, 11) is 0. The van der Waals surface area contributed by atoms with Crippen molar-refractivity contribution in [1.29, 1.82) is 0 Å². The summed E-state index contributed by atoms with van der Waals surface area (Å²) in [6.07, 6.45) is 4.86. The summed E-state index contributed by atoms with van der Waals surface area (Å²) in [4.78, 5) is 2.60. The molecule has 2 nitrogen and oxygen atoms in total. The normalized spacial score (nSPS) is 25.0. The fourth-order valence-corrected chi connectivity index (χ4v) is 2.47. The molecular weight excluding hydrogens is 204 g/mol. The van der Waals surface area contributed by atoms with Gasteiger partial charge in [0.2, 0.25) is 0 Å². The zero-order valence-corrected chi connectivity index (χ0v) is 11.4. The van der Waals surface area contributed by atoms with Gasteiger partial charge in [0.15, 0.2) is 0 Å². The number of hydrogen-bond donors (Lipinski definition) is 1. The monoisotopic (exact) mass is 230 g/mol. The lowest BCUT2D eigenvalue weighted by Gasteiger charge is -2.19. The molecule has 90 valence electrons. The van der Waals surface area contributed by atoms with Crippen molar-refractivity contribution in [3.8, 4) is 0 Å². The SMILES string of the molecule is CSC(C)CCN1CCC(NC(C)C)C1. The summed E-state index contributed by atoms with van der Waals surface area (Å²) in [6.45, 7) is 10.6. The van der Waals surface area contributed by atoms with Gasteiger partial charge < -0.3 is 10.2 Å². The second kappa shape index (κ2) is 6.77. The topological polar surface area (TPSA) is 15.3 Å². The molecule has 3 heteroatoms. The molecule has 2 atom stereocenters. The van der Waals surface area contributed by atoms with E-state index in [0.29, 0.717) is 6.04 Å². The van der Waals surface area contributed by atoms with E-state index in [1.54, 1.807) is 0 Å². The molecule has 1 heterocycles. The largest absolute Gasteiger partial charge is 0.310 e. The van der Waals surface area contributed by atoms with Crippen molar-refractivity contribution in [3.05, 3.63) is 0 Å². The number of hydrogen-bond acceptors (Lipinski definition) is 3. The van der Waals surface area contributed by atoms with Crippen molar-refractivity contribution in [2.75, 3.05) is 25.9 Å². The van der Waals surface area contributed by atoms with Crippen molar-refractivity contribution in [1.82, 2.24) is 10.2 Å². The molecule has 0 radical (unpaired) electrons. The lowest BCUT2D eigenvalue weighted by Crippen LogP contribution is -2.37. The molecule has 0 aromatic carbocycles. The molecule has 0 aromatic heterocycles. The Labute approximate surface area is 99.2 Å². The van der Waals surface area contributed by atoms with Gasteiger partial charge in [0.1, 0.15) is 0 Å². The van der Waals surface area contributed by atoms with Crippen LogP contribution >= 0.6 is 11.8 Å². The Morgan fingerprint density at radius 3 is 2.73 bits per heavy atom. The predicted molar refractivity (Wildman–Crippen MR) is 70.7 cm³/mol. The van der Waals surface area contributed by atoms with Crippen molar-refractivity contribution >= 4 is 11.8 Å². The number of nitrogens with one attached hydrogen (secondary N) is 1. The van der Waals surface area contributed by atoms with Crippen LogP contribution < -0.4 is 5.32 Å². The van der Waals surface area contributed by atoms with E-state index < -0.39 is 0 Å². The van der Waals surface area contributed by atoms with Crippen LogP contribution in [0.25, 0.3) is 0 Å². The third kappa shape index (κ3) is 5.23. The van der Waals surface area contributed by atoms with Gasteiger partial charge in [-0.25, -0.2) is 0 Å². The van der Waals surface area contributed by atoms with Crippen LogP contribution in [0, 0.1) is 0 Å². The molecule has 1 aliphatic heterocycles. The summed E-state index contributed by atoms with van der Waals surface area (Å²) in [5.74, 6) is 0. The van der Waals surface area contributed by atoms with Gasteiger partial charge in [-0.05, 0) is 32.2 Å². The molecule has 0 saturated carbocycles. The molecule has 0 aliphatic carbocycles. The molecule has 1 N–H and O–H groups in total. The first kappa shape index (κ1) is 13.3. The summed E-state index contributed by atoms with van der Waals surface area (Å²) in [6, 6.07) is 1.36. The quantitative estimate of drug-likeness (QED) is 0.753. The zero-order chi connectivity index (χ0) is 11.3. The lowest BCUT2D eigenvalue weighted by molar-refractivity contribution is 0.320. The maximum atomic E-state index is 3.63. The van der Waals surface area contributed by atoms with Crippen LogP contribution in [0.15, 0.2) is 0 Å². The van der Waals surface area contributed by atoms with E-state index in [0.717, 1.165) is 11.3 Å². The van der Waals surface area contributed by atoms with E-state index in [-0.39, 0.29) is 0 Å². The highest BCUT2D eigenvalue weighted by atomic mass is 32.2. The van der Waals surface area contributed by atoms with Crippen LogP contribution in [0.3, 0.4) is 0 Å². The van der Waals surface area contributed by atoms with Gasteiger partial charge in [0.05, 0.1) is 0 Å². The summed E-state index contributed by atoms with van der Waals surface area (Å²) in [5.41, 5.74) is 0. The Balaban J connectivity index is 2.13. The minimum Gasteiger partial charge on any atom is -0.310 e. The van der Waals surface area contributed by atoms with Gasteiger partial charge in [0, 0.05) is 23.9 Å². The molecule has 0 amide bonds. The van der Waals surface area contributed by atoms with Gasteiger partial charge in [0.25, 0.3) is 0 Å². The number of rotatable bonds is 6. The molecule has 2 unspecified atom stereocenters. The summed E-state index contributed by atoms with van der Waals surface area (Å²) < 4.78 is 0. The molecule has 0 spiro atoms. The Bertz CT molecular complexity index is 173.